The van der Waals surface area contributed by atoms with Gasteiger partial charge < -0.3 is 10.4 Å². The van der Waals surface area contributed by atoms with Gasteiger partial charge in [0.25, 0.3) is 0 Å². The Kier molecular flexibility index (Phi) is 4.16. The molecule has 0 aliphatic carbocycles. The number of nitrogens with one attached hydrogen (secondary N) is 1. The summed E-state index contributed by atoms with van der Waals surface area (Å²) in [7, 11) is 0. The lowest BCUT2D eigenvalue weighted by molar-refractivity contribution is -0.131. The molecule has 1 aromatic rings. The Hall–Kier alpha value is -2.43. The molecule has 17 heavy (non-hydrogen) atoms. The molecule has 1 amide bonds. The summed E-state index contributed by atoms with van der Waals surface area (Å²) in [6.07, 6.45) is 1.67. The minimum atomic E-state index is -1.19. The number of carboxylic acids is 1. The number of ketones is 1. The average molecular weight is 233 g/mol. The van der Waals surface area contributed by atoms with Crippen molar-refractivity contribution in [3.63, 3.8) is 0 Å². The number of aliphatic carboxylic acids is 1. The van der Waals surface area contributed by atoms with Crippen LogP contribution in [0.5, 0.6) is 0 Å². The highest BCUT2D eigenvalue weighted by Gasteiger charge is 2.01. The van der Waals surface area contributed by atoms with E-state index in [1.807, 2.05) is 0 Å². The third-order valence-electron chi connectivity index (χ3n) is 1.94. The summed E-state index contributed by atoms with van der Waals surface area (Å²) in [6, 6.07) is 6.31. The fourth-order valence-corrected chi connectivity index (χ4v) is 1.12. The van der Waals surface area contributed by atoms with Crippen molar-refractivity contribution >= 4 is 23.3 Å². The first-order chi connectivity index (χ1) is 7.99. The van der Waals surface area contributed by atoms with Crippen LogP contribution in [0.3, 0.4) is 0 Å². The molecule has 0 saturated carbocycles. The van der Waals surface area contributed by atoms with Gasteiger partial charge in [0.2, 0.25) is 5.91 Å². The number of anilines is 1. The summed E-state index contributed by atoms with van der Waals surface area (Å²) in [5.41, 5.74) is 1.04. The van der Waals surface area contributed by atoms with E-state index < -0.39 is 11.9 Å². The van der Waals surface area contributed by atoms with Crippen molar-refractivity contribution in [1.82, 2.24) is 0 Å². The first kappa shape index (κ1) is 12.6. The predicted molar refractivity (Wildman–Crippen MR) is 61.9 cm³/mol. The molecule has 0 heterocycles. The van der Waals surface area contributed by atoms with E-state index in [1.54, 1.807) is 24.3 Å². The van der Waals surface area contributed by atoms with Gasteiger partial charge in [-0.2, -0.15) is 0 Å². The summed E-state index contributed by atoms with van der Waals surface area (Å²) in [6.45, 7) is 1.45. The second-order valence-corrected chi connectivity index (χ2v) is 3.29. The molecule has 5 heteroatoms. The summed E-state index contributed by atoms with van der Waals surface area (Å²) in [4.78, 5) is 32.4. The van der Waals surface area contributed by atoms with Crippen molar-refractivity contribution in [2.24, 2.45) is 0 Å². The molecule has 1 aromatic carbocycles. The number of Topliss-reactive ketones (excluding diaryl/α,β-unsaturated/α-hetero) is 1. The third kappa shape index (κ3) is 4.29. The molecule has 0 bridgehead atoms. The fraction of sp³-hybridized carbons (Fsp3) is 0.0833. The van der Waals surface area contributed by atoms with Crippen LogP contribution in [0.15, 0.2) is 36.4 Å². The van der Waals surface area contributed by atoms with Crippen molar-refractivity contribution in [3.05, 3.63) is 42.0 Å². The molecular weight excluding hydrogens is 222 g/mol. The molecule has 0 spiro atoms. The van der Waals surface area contributed by atoms with Crippen LogP contribution in [0.4, 0.5) is 5.69 Å². The molecule has 0 radical (unpaired) electrons. The molecule has 88 valence electrons. The van der Waals surface area contributed by atoms with Gasteiger partial charge in [-0.1, -0.05) is 0 Å². The Morgan fingerprint density at radius 1 is 1.12 bits per heavy atom. The van der Waals surface area contributed by atoms with Crippen LogP contribution in [0.2, 0.25) is 0 Å². The highest BCUT2D eigenvalue weighted by Crippen LogP contribution is 2.09. The molecular formula is C12H11NO4. The van der Waals surface area contributed by atoms with E-state index in [-0.39, 0.29) is 5.78 Å². The molecule has 0 unspecified atom stereocenters. The van der Waals surface area contributed by atoms with E-state index in [2.05, 4.69) is 5.32 Å². The molecule has 0 saturated heterocycles. The Balaban J connectivity index is 2.66. The number of hydrogen-bond donors (Lipinski definition) is 2. The average Bonchev–Trinajstić information content (AvgIpc) is 2.27. The number of benzene rings is 1. The lowest BCUT2D eigenvalue weighted by atomic mass is 10.1. The molecule has 1 rings (SSSR count). The van der Waals surface area contributed by atoms with Crippen LogP contribution in [0.25, 0.3) is 0 Å². The highest BCUT2D eigenvalue weighted by atomic mass is 16.4. The minimum Gasteiger partial charge on any atom is -0.478 e. The van der Waals surface area contributed by atoms with Crippen LogP contribution in [0, 0.1) is 0 Å². The zero-order valence-corrected chi connectivity index (χ0v) is 9.14. The van der Waals surface area contributed by atoms with E-state index in [0.29, 0.717) is 11.3 Å². The minimum absolute atomic E-state index is 0.0614. The van der Waals surface area contributed by atoms with E-state index in [0.717, 1.165) is 12.2 Å². The van der Waals surface area contributed by atoms with Gasteiger partial charge in [-0.3, -0.25) is 9.59 Å². The monoisotopic (exact) mass is 233 g/mol. The lowest BCUT2D eigenvalue weighted by Gasteiger charge is -2.02. The number of carbonyl (C=O) groups is 3. The zero-order chi connectivity index (χ0) is 12.8. The smallest absolute Gasteiger partial charge is 0.328 e. The maximum absolute atomic E-state index is 11.2. The van der Waals surface area contributed by atoms with Crippen LogP contribution >= 0.6 is 0 Å². The molecule has 0 atom stereocenters. The third-order valence-corrected chi connectivity index (χ3v) is 1.94. The molecule has 5 nitrogen and oxygen atoms in total. The summed E-state index contributed by atoms with van der Waals surface area (Å²) >= 11 is 0. The molecule has 0 aromatic heterocycles. The van der Waals surface area contributed by atoms with Gasteiger partial charge in [-0.05, 0) is 31.2 Å². The predicted octanol–water partition coefficient (Wildman–Crippen LogP) is 1.47. The Morgan fingerprint density at radius 2 is 1.71 bits per heavy atom. The van der Waals surface area contributed by atoms with Crippen molar-refractivity contribution in [2.75, 3.05) is 5.32 Å². The normalized spacial score (nSPS) is 10.2. The maximum atomic E-state index is 11.2. The summed E-state index contributed by atoms with van der Waals surface area (Å²) in [5.74, 6) is -1.79. The topological polar surface area (TPSA) is 83.5 Å². The van der Waals surface area contributed by atoms with Gasteiger partial charge >= 0.3 is 5.97 Å². The van der Waals surface area contributed by atoms with Crippen LogP contribution in [-0.4, -0.2) is 22.8 Å². The number of carbonyl (C=O) groups excluding carboxylic acids is 2. The second kappa shape index (κ2) is 5.60. The standard InChI is InChI=1S/C12H11NO4/c1-8(14)9-2-4-10(5-3-9)13-11(15)6-7-12(16)17/h2-7H,1H3,(H,13,15)(H,16,17)/b7-6+. The van der Waals surface area contributed by atoms with Crippen molar-refractivity contribution in [3.8, 4) is 0 Å². The van der Waals surface area contributed by atoms with Crippen molar-refractivity contribution in [1.29, 1.82) is 0 Å². The number of amides is 1. The maximum Gasteiger partial charge on any atom is 0.328 e. The van der Waals surface area contributed by atoms with Gasteiger partial charge in [0.05, 0.1) is 0 Å². The first-order valence-corrected chi connectivity index (χ1v) is 4.82. The first-order valence-electron chi connectivity index (χ1n) is 4.82. The van der Waals surface area contributed by atoms with Gasteiger partial charge in [-0.25, -0.2) is 4.79 Å². The quantitative estimate of drug-likeness (QED) is 0.609. The highest BCUT2D eigenvalue weighted by molar-refractivity contribution is 6.02. The van der Waals surface area contributed by atoms with Gasteiger partial charge in [0, 0.05) is 23.4 Å². The van der Waals surface area contributed by atoms with Crippen molar-refractivity contribution in [2.45, 2.75) is 6.92 Å². The molecule has 0 aliphatic heterocycles. The summed E-state index contributed by atoms with van der Waals surface area (Å²) in [5, 5.41) is 10.8. The molecule has 2 N–H and O–H groups in total. The van der Waals surface area contributed by atoms with Gasteiger partial charge in [-0.15, -0.1) is 0 Å². The fourth-order valence-electron chi connectivity index (χ4n) is 1.12. The Labute approximate surface area is 97.8 Å². The van der Waals surface area contributed by atoms with E-state index in [4.69, 9.17) is 5.11 Å². The van der Waals surface area contributed by atoms with E-state index in [1.165, 1.54) is 6.92 Å². The van der Waals surface area contributed by atoms with Crippen LogP contribution in [-0.2, 0) is 9.59 Å². The number of hydrogen-bond acceptors (Lipinski definition) is 3. The Bertz CT molecular complexity index is 474. The molecule has 0 aliphatic rings. The largest absolute Gasteiger partial charge is 0.478 e. The summed E-state index contributed by atoms with van der Waals surface area (Å²) < 4.78 is 0. The van der Waals surface area contributed by atoms with E-state index in [9.17, 15) is 14.4 Å². The van der Waals surface area contributed by atoms with Crippen molar-refractivity contribution < 1.29 is 19.5 Å². The Morgan fingerprint density at radius 3 is 2.18 bits per heavy atom. The number of carboxylic acid groups (broad SMARTS) is 1. The second-order valence-electron chi connectivity index (χ2n) is 3.29. The van der Waals surface area contributed by atoms with Gasteiger partial charge in [0.1, 0.15) is 0 Å². The number of rotatable bonds is 4. The van der Waals surface area contributed by atoms with Crippen LogP contribution in [0.1, 0.15) is 17.3 Å². The molecule has 0 fully saturated rings. The van der Waals surface area contributed by atoms with Gasteiger partial charge in [0.15, 0.2) is 5.78 Å². The van der Waals surface area contributed by atoms with Crippen LogP contribution < -0.4 is 5.32 Å². The zero-order valence-electron chi connectivity index (χ0n) is 9.14. The SMILES string of the molecule is CC(=O)c1ccc(NC(=O)/C=C/C(=O)O)cc1. The lowest BCUT2D eigenvalue weighted by Crippen LogP contribution is -2.08. The van der Waals surface area contributed by atoms with E-state index >= 15 is 0 Å².